The van der Waals surface area contributed by atoms with Crippen LogP contribution in [0.5, 0.6) is 0 Å². The molecule has 0 radical (unpaired) electrons. The minimum absolute atomic E-state index is 0.0717. The molecule has 0 aliphatic carbocycles. The van der Waals surface area contributed by atoms with Gasteiger partial charge in [0.25, 0.3) is 0 Å². The van der Waals surface area contributed by atoms with Gasteiger partial charge in [-0.15, -0.1) is 0 Å². The van der Waals surface area contributed by atoms with Crippen LogP contribution in [-0.4, -0.2) is 83.2 Å². The Kier molecular flexibility index (Phi) is 10.8. The fourth-order valence-corrected chi connectivity index (χ4v) is 6.60. The Bertz CT molecular complexity index is 722. The van der Waals surface area contributed by atoms with Crippen LogP contribution >= 0.6 is 0 Å². The highest BCUT2D eigenvalue weighted by molar-refractivity contribution is 5.68. The Morgan fingerprint density at radius 2 is 1.76 bits per heavy atom. The first-order valence-corrected chi connectivity index (χ1v) is 14.2. The summed E-state index contributed by atoms with van der Waals surface area (Å²) in [4.78, 5) is 11.5. The molecule has 37 heavy (non-hydrogen) atoms. The van der Waals surface area contributed by atoms with Gasteiger partial charge in [0.05, 0.1) is 43.7 Å². The second kappa shape index (κ2) is 13.0. The van der Waals surface area contributed by atoms with Gasteiger partial charge in [-0.2, -0.15) is 0 Å². The summed E-state index contributed by atoms with van der Waals surface area (Å²) in [7, 11) is 1.40. The minimum atomic E-state index is -1.01. The van der Waals surface area contributed by atoms with Crippen LogP contribution in [0.2, 0.25) is 0 Å². The van der Waals surface area contributed by atoms with Gasteiger partial charge in [0.15, 0.2) is 12.1 Å². The standard InChI is InChI=1S/C28H50O9/c1-8-20-18(5)36-28(14-22(20)35-24-13-21(29)26(32)19(6)34-24)17(4)25(31)16(3)27(37-28)15(2)11-9-10-12-23(30)33-7/h15-22,24-27,29,31-32H,8-14H2,1-7H3/t15-,16-,17-,18-,19-,20-,21-,22-,24-,25+,26+,27-,28-/m0/s1. The van der Waals surface area contributed by atoms with E-state index in [0.717, 1.165) is 25.7 Å². The van der Waals surface area contributed by atoms with E-state index in [9.17, 15) is 20.1 Å². The van der Waals surface area contributed by atoms with Crippen LogP contribution < -0.4 is 0 Å². The third-order valence-electron chi connectivity index (χ3n) is 9.10. The van der Waals surface area contributed by atoms with Gasteiger partial charge in [0.1, 0.15) is 6.10 Å². The lowest BCUT2D eigenvalue weighted by atomic mass is 9.72. The quantitative estimate of drug-likeness (QED) is 0.305. The molecule has 0 unspecified atom stereocenters. The van der Waals surface area contributed by atoms with Crippen LogP contribution in [-0.2, 0) is 28.5 Å². The molecule has 3 N–H and O–H groups in total. The molecule has 3 heterocycles. The predicted molar refractivity (Wildman–Crippen MR) is 136 cm³/mol. The number of hydrogen-bond acceptors (Lipinski definition) is 9. The lowest BCUT2D eigenvalue weighted by Crippen LogP contribution is -2.65. The molecule has 0 bridgehead atoms. The number of rotatable bonds is 9. The Morgan fingerprint density at radius 3 is 2.38 bits per heavy atom. The van der Waals surface area contributed by atoms with E-state index < -0.39 is 36.5 Å². The zero-order chi connectivity index (χ0) is 27.5. The van der Waals surface area contributed by atoms with Crippen molar-refractivity contribution in [3.05, 3.63) is 0 Å². The lowest BCUT2D eigenvalue weighted by molar-refractivity contribution is -0.394. The van der Waals surface area contributed by atoms with E-state index in [-0.39, 0.29) is 54.4 Å². The van der Waals surface area contributed by atoms with Crippen molar-refractivity contribution in [1.29, 1.82) is 0 Å². The summed E-state index contributed by atoms with van der Waals surface area (Å²) in [6.45, 7) is 12.0. The SMILES string of the molecule is CC[C@H]1[C@H](C)O[C@@]2(C[C@@H]1O[C@H]1C[C@H](O)[C@H](O)[C@H](C)O1)O[C@@H]([C@@H](C)CCCCC(=O)OC)[C@@H](C)[C@@H](O)[C@@H]2C. The second-order valence-corrected chi connectivity index (χ2v) is 11.7. The molecule has 216 valence electrons. The smallest absolute Gasteiger partial charge is 0.305 e. The molecule has 0 aromatic rings. The maximum atomic E-state index is 11.5. The highest BCUT2D eigenvalue weighted by Gasteiger charge is 2.58. The van der Waals surface area contributed by atoms with Gasteiger partial charge >= 0.3 is 5.97 Å². The van der Waals surface area contributed by atoms with Gasteiger partial charge in [0, 0.05) is 37.0 Å². The van der Waals surface area contributed by atoms with E-state index in [1.54, 1.807) is 6.92 Å². The van der Waals surface area contributed by atoms with Crippen LogP contribution in [0.1, 0.15) is 86.5 Å². The number of carbonyl (C=O) groups excluding carboxylic acids is 1. The Labute approximate surface area is 222 Å². The molecule has 0 aromatic heterocycles. The van der Waals surface area contributed by atoms with Crippen molar-refractivity contribution in [1.82, 2.24) is 0 Å². The van der Waals surface area contributed by atoms with Gasteiger partial charge in [-0.1, -0.05) is 34.1 Å². The molecular formula is C28H50O9. The maximum Gasteiger partial charge on any atom is 0.305 e. The van der Waals surface area contributed by atoms with Crippen LogP contribution in [0.3, 0.4) is 0 Å². The number of hydrogen-bond donors (Lipinski definition) is 3. The molecule has 3 aliphatic heterocycles. The van der Waals surface area contributed by atoms with Gasteiger partial charge < -0.3 is 39.0 Å². The van der Waals surface area contributed by atoms with Crippen molar-refractivity contribution in [3.63, 3.8) is 0 Å². The van der Waals surface area contributed by atoms with Crippen molar-refractivity contribution in [2.24, 2.45) is 23.7 Å². The van der Waals surface area contributed by atoms with Crippen LogP contribution in [0, 0.1) is 23.7 Å². The molecule has 9 nitrogen and oxygen atoms in total. The third kappa shape index (κ3) is 6.86. The predicted octanol–water partition coefficient (Wildman–Crippen LogP) is 3.16. The molecular weight excluding hydrogens is 480 g/mol. The van der Waals surface area contributed by atoms with E-state index in [1.165, 1.54) is 7.11 Å². The number of methoxy groups -OCH3 is 1. The third-order valence-corrected chi connectivity index (χ3v) is 9.10. The number of unbranched alkanes of at least 4 members (excludes halogenated alkanes) is 1. The number of carbonyl (C=O) groups is 1. The molecule has 0 amide bonds. The van der Waals surface area contributed by atoms with Crippen molar-refractivity contribution < 1.29 is 43.8 Å². The zero-order valence-electron chi connectivity index (χ0n) is 23.7. The van der Waals surface area contributed by atoms with Crippen molar-refractivity contribution in [2.75, 3.05) is 7.11 Å². The monoisotopic (exact) mass is 530 g/mol. The van der Waals surface area contributed by atoms with E-state index in [0.29, 0.717) is 12.8 Å². The fraction of sp³-hybridized carbons (Fsp3) is 0.964. The summed E-state index contributed by atoms with van der Waals surface area (Å²) in [5.74, 6) is -1.29. The van der Waals surface area contributed by atoms with E-state index in [2.05, 4.69) is 13.8 Å². The first-order valence-electron chi connectivity index (χ1n) is 14.2. The highest BCUT2D eigenvalue weighted by atomic mass is 16.7. The summed E-state index contributed by atoms with van der Waals surface area (Å²) >= 11 is 0. The van der Waals surface area contributed by atoms with Crippen molar-refractivity contribution in [2.45, 2.75) is 141 Å². The Hall–Kier alpha value is -0.810. The molecule has 0 aromatic carbocycles. The highest BCUT2D eigenvalue weighted by Crippen LogP contribution is 2.49. The lowest BCUT2D eigenvalue weighted by Gasteiger charge is -2.57. The van der Waals surface area contributed by atoms with Crippen LogP contribution in [0.15, 0.2) is 0 Å². The largest absolute Gasteiger partial charge is 0.469 e. The molecule has 1 spiro atoms. The van der Waals surface area contributed by atoms with Gasteiger partial charge in [-0.25, -0.2) is 0 Å². The summed E-state index contributed by atoms with van der Waals surface area (Å²) in [5, 5.41) is 31.7. The number of ether oxygens (including phenoxy) is 5. The van der Waals surface area contributed by atoms with Crippen LogP contribution in [0.4, 0.5) is 0 Å². The van der Waals surface area contributed by atoms with Crippen molar-refractivity contribution >= 4 is 5.97 Å². The molecule has 13 atom stereocenters. The number of aliphatic hydroxyl groups excluding tert-OH is 3. The van der Waals surface area contributed by atoms with Crippen LogP contribution in [0.25, 0.3) is 0 Å². The van der Waals surface area contributed by atoms with E-state index in [1.807, 2.05) is 20.8 Å². The second-order valence-electron chi connectivity index (χ2n) is 11.7. The number of aliphatic hydroxyl groups is 3. The average Bonchev–Trinajstić information content (AvgIpc) is 2.85. The molecule has 9 heteroatoms. The first kappa shape index (κ1) is 30.7. The van der Waals surface area contributed by atoms with Gasteiger partial charge in [0.2, 0.25) is 0 Å². The number of esters is 1. The van der Waals surface area contributed by atoms with Crippen molar-refractivity contribution in [3.8, 4) is 0 Å². The summed E-state index contributed by atoms with van der Waals surface area (Å²) in [6.07, 6.45) is 0.118. The molecule has 3 saturated heterocycles. The van der Waals surface area contributed by atoms with Gasteiger partial charge in [-0.3, -0.25) is 4.79 Å². The molecule has 0 saturated carbocycles. The average molecular weight is 531 g/mol. The molecule has 3 aliphatic rings. The Balaban J connectivity index is 1.74. The first-order chi connectivity index (χ1) is 17.4. The summed E-state index contributed by atoms with van der Waals surface area (Å²) in [5.41, 5.74) is 0. The van der Waals surface area contributed by atoms with E-state index >= 15 is 0 Å². The Morgan fingerprint density at radius 1 is 1.05 bits per heavy atom. The maximum absolute atomic E-state index is 11.5. The molecule has 3 fully saturated rings. The van der Waals surface area contributed by atoms with Gasteiger partial charge in [-0.05, 0) is 39.0 Å². The summed E-state index contributed by atoms with van der Waals surface area (Å²) < 4.78 is 30.5. The fourth-order valence-electron chi connectivity index (χ4n) is 6.60. The topological polar surface area (TPSA) is 124 Å². The van der Waals surface area contributed by atoms with E-state index in [4.69, 9.17) is 23.7 Å². The summed E-state index contributed by atoms with van der Waals surface area (Å²) in [6, 6.07) is 0. The molecule has 3 rings (SSSR count). The normalized spacial score (nSPS) is 45.5. The zero-order valence-corrected chi connectivity index (χ0v) is 23.7. The minimum Gasteiger partial charge on any atom is -0.469 e.